The number of amides is 2. The number of hydrogen-bond donors (Lipinski definition) is 1. The fourth-order valence-corrected chi connectivity index (χ4v) is 6.15. The monoisotopic (exact) mass is 460 g/mol. The highest BCUT2D eigenvalue weighted by Crippen LogP contribution is 2.57. The first kappa shape index (κ1) is 24.0. The Morgan fingerprint density at radius 1 is 1.12 bits per heavy atom. The first-order chi connectivity index (χ1) is 15.8. The van der Waals surface area contributed by atoms with E-state index in [0.29, 0.717) is 25.9 Å². The molecule has 1 N–H and O–H groups in total. The molecule has 2 unspecified atom stereocenters. The third-order valence-electron chi connectivity index (χ3n) is 7.64. The summed E-state index contributed by atoms with van der Waals surface area (Å²) < 4.78 is 12.0. The number of aliphatic hydroxyl groups excluding tert-OH is 1. The maximum atomic E-state index is 14.0. The lowest BCUT2D eigenvalue weighted by Crippen LogP contribution is -2.57. The van der Waals surface area contributed by atoms with E-state index in [1.165, 1.54) is 0 Å². The van der Waals surface area contributed by atoms with Crippen LogP contribution in [-0.2, 0) is 23.9 Å². The number of hydrogen-bond acceptors (Lipinski definition) is 6. The average Bonchev–Trinajstić information content (AvgIpc) is 3.02. The molecule has 6 atom stereocenters. The van der Waals surface area contributed by atoms with E-state index < -0.39 is 35.0 Å². The molecule has 182 valence electrons. The van der Waals surface area contributed by atoms with Gasteiger partial charge in [-0.15, -0.1) is 0 Å². The summed E-state index contributed by atoms with van der Waals surface area (Å²) in [4.78, 5) is 44.4. The van der Waals surface area contributed by atoms with Crippen LogP contribution in [0.25, 0.3) is 0 Å². The minimum absolute atomic E-state index is 0.0278. The van der Waals surface area contributed by atoms with Crippen LogP contribution in [0.4, 0.5) is 0 Å². The van der Waals surface area contributed by atoms with Crippen molar-refractivity contribution in [2.24, 2.45) is 11.8 Å². The van der Waals surface area contributed by atoms with Gasteiger partial charge in [-0.1, -0.05) is 31.6 Å². The van der Waals surface area contributed by atoms with E-state index in [9.17, 15) is 14.4 Å². The SMILES string of the molecule is CCCC(C)N1CC=C[C@]23O[C@]4(C)C=CCOC(=O)[C@@H]4[C@H]2C(=O)N(CCCCCO)C3C1=O. The Labute approximate surface area is 195 Å². The molecule has 0 bridgehead atoms. The molecule has 0 aromatic carbocycles. The number of aliphatic hydroxyl groups is 1. The molecule has 0 saturated carbocycles. The molecule has 0 radical (unpaired) electrons. The van der Waals surface area contributed by atoms with Gasteiger partial charge in [-0.05, 0) is 45.6 Å². The van der Waals surface area contributed by atoms with Gasteiger partial charge in [0.2, 0.25) is 11.8 Å². The average molecular weight is 461 g/mol. The van der Waals surface area contributed by atoms with Crippen LogP contribution < -0.4 is 0 Å². The van der Waals surface area contributed by atoms with Crippen LogP contribution in [-0.4, -0.2) is 82.3 Å². The van der Waals surface area contributed by atoms with Crippen LogP contribution in [0.2, 0.25) is 0 Å². The van der Waals surface area contributed by atoms with Crippen LogP contribution in [0.3, 0.4) is 0 Å². The van der Waals surface area contributed by atoms with Crippen molar-refractivity contribution in [3.63, 3.8) is 0 Å². The van der Waals surface area contributed by atoms with Gasteiger partial charge in [-0.25, -0.2) is 0 Å². The predicted molar refractivity (Wildman–Crippen MR) is 121 cm³/mol. The van der Waals surface area contributed by atoms with Crippen LogP contribution >= 0.6 is 0 Å². The number of nitrogens with zero attached hydrogens (tertiary/aromatic N) is 2. The minimum atomic E-state index is -1.22. The molecule has 4 heterocycles. The van der Waals surface area contributed by atoms with Crippen molar-refractivity contribution in [3.8, 4) is 0 Å². The van der Waals surface area contributed by atoms with Gasteiger partial charge in [-0.2, -0.15) is 0 Å². The number of rotatable bonds is 8. The third-order valence-corrected chi connectivity index (χ3v) is 7.64. The fraction of sp³-hybridized carbons (Fsp3) is 0.720. The molecule has 4 aliphatic rings. The highest BCUT2D eigenvalue weighted by molar-refractivity contribution is 5.99. The van der Waals surface area contributed by atoms with Crippen molar-refractivity contribution in [1.29, 1.82) is 0 Å². The second-order valence-corrected chi connectivity index (χ2v) is 9.88. The number of carbonyl (C=O) groups excluding carboxylic acids is 3. The largest absolute Gasteiger partial charge is 0.461 e. The summed E-state index contributed by atoms with van der Waals surface area (Å²) in [5.41, 5.74) is -2.24. The zero-order valence-corrected chi connectivity index (χ0v) is 19.9. The van der Waals surface area contributed by atoms with Crippen molar-refractivity contribution in [2.75, 3.05) is 26.3 Å². The molecule has 0 aromatic heterocycles. The minimum Gasteiger partial charge on any atom is -0.461 e. The first-order valence-electron chi connectivity index (χ1n) is 12.2. The standard InChI is InChI=1S/C25H36N2O6/c1-4-10-17(2)26-14-8-12-25-18(19-23(31)32-16-9-11-24(19,3)33-25)21(29)27(20(25)22(26)30)13-6-5-7-15-28/h8-9,11-12,17-20,28H,4-7,10,13-16H2,1-3H3/t17?,18-,19-,20?,24+,25-/m0/s1. The zero-order chi connectivity index (χ0) is 23.8. The van der Waals surface area contributed by atoms with Gasteiger partial charge < -0.3 is 24.4 Å². The Morgan fingerprint density at radius 3 is 2.64 bits per heavy atom. The number of ether oxygens (including phenoxy) is 2. The van der Waals surface area contributed by atoms with E-state index in [4.69, 9.17) is 14.6 Å². The molecule has 8 nitrogen and oxygen atoms in total. The summed E-state index contributed by atoms with van der Waals surface area (Å²) in [6, 6.07) is -0.799. The second kappa shape index (κ2) is 9.22. The lowest BCUT2D eigenvalue weighted by Gasteiger charge is -2.38. The number of unbranched alkanes of at least 4 members (excludes halogenated alkanes) is 2. The Kier molecular flexibility index (Phi) is 6.69. The highest BCUT2D eigenvalue weighted by atomic mass is 16.6. The van der Waals surface area contributed by atoms with Gasteiger partial charge in [0.05, 0.1) is 11.5 Å². The Hall–Kier alpha value is -2.19. The lowest BCUT2D eigenvalue weighted by atomic mass is 9.74. The van der Waals surface area contributed by atoms with Crippen LogP contribution in [0.5, 0.6) is 0 Å². The summed E-state index contributed by atoms with van der Waals surface area (Å²) in [5.74, 6) is -2.45. The number of carbonyl (C=O) groups is 3. The molecule has 1 spiro atoms. The quantitative estimate of drug-likeness (QED) is 0.337. The lowest BCUT2D eigenvalue weighted by molar-refractivity contribution is -0.158. The zero-order valence-electron chi connectivity index (χ0n) is 19.9. The van der Waals surface area contributed by atoms with Gasteiger partial charge in [0.25, 0.3) is 0 Å². The van der Waals surface area contributed by atoms with Gasteiger partial charge in [0, 0.05) is 25.7 Å². The van der Waals surface area contributed by atoms with Crippen molar-refractivity contribution in [1.82, 2.24) is 9.80 Å². The summed E-state index contributed by atoms with van der Waals surface area (Å²) in [6.45, 7) is 7.00. The van der Waals surface area contributed by atoms with E-state index in [1.54, 1.807) is 11.0 Å². The third kappa shape index (κ3) is 3.81. The molecule has 4 rings (SSSR count). The van der Waals surface area contributed by atoms with Crippen LogP contribution in [0.15, 0.2) is 24.3 Å². The molecule has 2 fully saturated rings. The van der Waals surface area contributed by atoms with Crippen LogP contribution in [0.1, 0.15) is 52.9 Å². The smallest absolute Gasteiger partial charge is 0.313 e. The summed E-state index contributed by atoms with van der Waals surface area (Å²) in [7, 11) is 0. The van der Waals surface area contributed by atoms with Gasteiger partial charge >= 0.3 is 5.97 Å². The molecule has 0 aromatic rings. The molecule has 0 aliphatic carbocycles. The molecule has 8 heteroatoms. The van der Waals surface area contributed by atoms with E-state index in [0.717, 1.165) is 19.3 Å². The van der Waals surface area contributed by atoms with Crippen LogP contribution in [0, 0.1) is 11.8 Å². The number of likely N-dealkylation sites (tertiary alicyclic amines) is 1. The van der Waals surface area contributed by atoms with Crippen molar-refractivity contribution in [3.05, 3.63) is 24.3 Å². The Bertz CT molecular complexity index is 856. The topological polar surface area (TPSA) is 96.4 Å². The molecule has 2 saturated heterocycles. The van der Waals surface area contributed by atoms with Crippen molar-refractivity contribution >= 4 is 17.8 Å². The van der Waals surface area contributed by atoms with Crippen molar-refractivity contribution in [2.45, 2.75) is 76.2 Å². The van der Waals surface area contributed by atoms with Crippen molar-refractivity contribution < 1.29 is 29.0 Å². The summed E-state index contributed by atoms with van der Waals surface area (Å²) >= 11 is 0. The summed E-state index contributed by atoms with van der Waals surface area (Å²) in [6.07, 6.45) is 11.2. The number of fused-ring (bicyclic) bond motifs is 2. The van der Waals surface area contributed by atoms with E-state index in [-0.39, 0.29) is 31.1 Å². The van der Waals surface area contributed by atoms with Gasteiger partial charge in [0.1, 0.15) is 24.2 Å². The summed E-state index contributed by atoms with van der Waals surface area (Å²) in [5, 5.41) is 9.14. The molecular weight excluding hydrogens is 424 g/mol. The highest BCUT2D eigenvalue weighted by Gasteiger charge is 2.74. The van der Waals surface area contributed by atoms with E-state index in [2.05, 4.69) is 6.92 Å². The van der Waals surface area contributed by atoms with E-state index >= 15 is 0 Å². The second-order valence-electron chi connectivity index (χ2n) is 9.88. The fourth-order valence-electron chi connectivity index (χ4n) is 6.15. The molecule has 2 amide bonds. The maximum Gasteiger partial charge on any atom is 0.313 e. The maximum absolute atomic E-state index is 14.0. The first-order valence-corrected chi connectivity index (χ1v) is 12.2. The Morgan fingerprint density at radius 2 is 1.91 bits per heavy atom. The normalized spacial score (nSPS) is 36.2. The molecular formula is C25H36N2O6. The number of esters is 1. The van der Waals surface area contributed by atoms with Gasteiger partial charge in [0.15, 0.2) is 0 Å². The van der Waals surface area contributed by atoms with Gasteiger partial charge in [-0.3, -0.25) is 14.4 Å². The molecule has 33 heavy (non-hydrogen) atoms. The predicted octanol–water partition coefficient (Wildman–Crippen LogP) is 1.82. The Balaban J connectivity index is 1.77. The molecule has 4 aliphatic heterocycles. The van der Waals surface area contributed by atoms with E-state index in [1.807, 2.05) is 37.0 Å². The number of cyclic esters (lactones) is 1.